The Hall–Kier alpha value is -3.36. The van der Waals surface area contributed by atoms with Gasteiger partial charge >= 0.3 is 0 Å². The molecule has 39 heavy (non-hydrogen) atoms. The minimum atomic E-state index is -0.690. The molecule has 0 aliphatic rings. The molecule has 0 atom stereocenters. The Balaban J connectivity index is 1.55. The Morgan fingerprint density at radius 1 is 0.462 bits per heavy atom. The molecule has 0 amide bonds. The van der Waals surface area contributed by atoms with Crippen molar-refractivity contribution in [2.75, 3.05) is 0 Å². The number of hydrogen-bond acceptors (Lipinski definition) is 0. The van der Waals surface area contributed by atoms with E-state index in [0.717, 1.165) is 24.0 Å². The van der Waals surface area contributed by atoms with Crippen molar-refractivity contribution >= 4 is 0 Å². The van der Waals surface area contributed by atoms with Crippen LogP contribution >= 0.6 is 0 Å². The molecule has 0 fully saturated rings. The monoisotopic (exact) mass is 524 g/mol. The molecule has 3 aromatic rings. The summed E-state index contributed by atoms with van der Waals surface area (Å²) in [6.45, 7) is 4.45. The fourth-order valence-corrected chi connectivity index (χ4v) is 4.60. The van der Waals surface area contributed by atoms with Gasteiger partial charge in [-0.3, -0.25) is 0 Å². The van der Waals surface area contributed by atoms with E-state index in [1.807, 2.05) is 24.3 Å². The van der Waals surface area contributed by atoms with Crippen molar-refractivity contribution in [2.45, 2.75) is 97.3 Å². The summed E-state index contributed by atoms with van der Waals surface area (Å²) >= 11 is 0. The second-order valence-electron chi connectivity index (χ2n) is 10.4. The first-order chi connectivity index (χ1) is 19.1. The molecule has 3 rings (SSSR count). The highest BCUT2D eigenvalue weighted by atomic mass is 19.1. The second-order valence-corrected chi connectivity index (χ2v) is 10.4. The number of halogens is 2. The normalized spacial score (nSPS) is 10.5. The Bertz CT molecular complexity index is 1240. The van der Waals surface area contributed by atoms with Crippen LogP contribution in [0.25, 0.3) is 0 Å². The maximum atomic E-state index is 14.7. The summed E-state index contributed by atoms with van der Waals surface area (Å²) in [5, 5.41) is 0. The summed E-state index contributed by atoms with van der Waals surface area (Å²) in [5.74, 6) is 10.1. The SMILES string of the molecule is CCCCCCCCc1ccc(C#Cc2cc(F)c(C#Cc3ccc(CCCCCCC)cc3)c(F)c2)cc1. The molecular formula is C37H42F2. The van der Waals surface area contributed by atoms with Crippen LogP contribution in [0.2, 0.25) is 0 Å². The molecule has 0 bridgehead atoms. The predicted molar refractivity (Wildman–Crippen MR) is 161 cm³/mol. The molecule has 0 aliphatic carbocycles. The number of aryl methyl sites for hydroxylation is 2. The van der Waals surface area contributed by atoms with Gasteiger partial charge in [-0.15, -0.1) is 0 Å². The van der Waals surface area contributed by atoms with Gasteiger partial charge in [0.2, 0.25) is 0 Å². The first-order valence-electron chi connectivity index (χ1n) is 14.8. The maximum Gasteiger partial charge on any atom is 0.143 e. The molecule has 0 heterocycles. The highest BCUT2D eigenvalue weighted by molar-refractivity contribution is 5.49. The summed E-state index contributed by atoms with van der Waals surface area (Å²) in [6.07, 6.45) is 16.1. The van der Waals surface area contributed by atoms with E-state index in [4.69, 9.17) is 0 Å². The largest absolute Gasteiger partial charge is 0.205 e. The van der Waals surface area contributed by atoms with Crippen molar-refractivity contribution in [3.8, 4) is 23.7 Å². The fourth-order valence-electron chi connectivity index (χ4n) is 4.60. The summed E-state index contributed by atoms with van der Waals surface area (Å²) < 4.78 is 29.4. The highest BCUT2D eigenvalue weighted by Gasteiger charge is 2.08. The molecule has 0 saturated carbocycles. The lowest BCUT2D eigenvalue weighted by molar-refractivity contribution is 0.577. The zero-order chi connectivity index (χ0) is 27.7. The third-order valence-corrected chi connectivity index (χ3v) is 7.02. The average molecular weight is 525 g/mol. The molecule has 204 valence electrons. The minimum Gasteiger partial charge on any atom is -0.205 e. The first-order valence-corrected chi connectivity index (χ1v) is 14.8. The van der Waals surface area contributed by atoms with Gasteiger partial charge in [0.1, 0.15) is 11.6 Å². The average Bonchev–Trinajstić information content (AvgIpc) is 2.94. The van der Waals surface area contributed by atoms with Crippen molar-refractivity contribution in [3.05, 3.63) is 106 Å². The molecule has 3 aromatic carbocycles. The molecule has 0 aliphatic heterocycles. The number of benzene rings is 3. The lowest BCUT2D eigenvalue weighted by atomic mass is 10.0. The van der Waals surface area contributed by atoms with Crippen molar-refractivity contribution in [3.63, 3.8) is 0 Å². The van der Waals surface area contributed by atoms with Gasteiger partial charge in [-0.25, -0.2) is 8.78 Å². The van der Waals surface area contributed by atoms with Gasteiger partial charge in [-0.1, -0.05) is 120 Å². The molecule has 0 N–H and O–H groups in total. The van der Waals surface area contributed by atoms with E-state index in [1.54, 1.807) is 0 Å². The third-order valence-electron chi connectivity index (χ3n) is 7.02. The van der Waals surface area contributed by atoms with Crippen LogP contribution in [0, 0.1) is 35.3 Å². The Labute approximate surface area is 235 Å². The van der Waals surface area contributed by atoms with E-state index in [1.165, 1.54) is 93.9 Å². The van der Waals surface area contributed by atoms with Crippen molar-refractivity contribution < 1.29 is 8.78 Å². The van der Waals surface area contributed by atoms with Crippen molar-refractivity contribution in [2.24, 2.45) is 0 Å². The van der Waals surface area contributed by atoms with Gasteiger partial charge in [-0.2, -0.15) is 0 Å². The van der Waals surface area contributed by atoms with Gasteiger partial charge in [0.15, 0.2) is 0 Å². The van der Waals surface area contributed by atoms with E-state index in [0.29, 0.717) is 5.56 Å². The van der Waals surface area contributed by atoms with Crippen LogP contribution in [-0.2, 0) is 12.8 Å². The molecule has 2 heteroatoms. The zero-order valence-electron chi connectivity index (χ0n) is 23.7. The van der Waals surface area contributed by atoms with Gasteiger partial charge in [0.05, 0.1) is 5.56 Å². The lowest BCUT2D eigenvalue weighted by Crippen LogP contribution is -1.93. The fraction of sp³-hybridized carbons (Fsp3) is 0.405. The number of hydrogen-bond donors (Lipinski definition) is 0. The smallest absolute Gasteiger partial charge is 0.143 e. The van der Waals surface area contributed by atoms with E-state index in [-0.39, 0.29) is 5.56 Å². The van der Waals surface area contributed by atoms with E-state index in [9.17, 15) is 8.78 Å². The van der Waals surface area contributed by atoms with Gasteiger partial charge < -0.3 is 0 Å². The van der Waals surface area contributed by atoms with Gasteiger partial charge in [0, 0.05) is 16.7 Å². The van der Waals surface area contributed by atoms with Crippen LogP contribution in [-0.4, -0.2) is 0 Å². The van der Waals surface area contributed by atoms with Gasteiger partial charge in [0.25, 0.3) is 0 Å². The molecule has 0 saturated heterocycles. The highest BCUT2D eigenvalue weighted by Crippen LogP contribution is 2.16. The Morgan fingerprint density at radius 2 is 0.846 bits per heavy atom. The molecule has 0 aromatic heterocycles. The first kappa shape index (κ1) is 30.2. The maximum absolute atomic E-state index is 14.7. The Kier molecular flexibility index (Phi) is 13.4. The van der Waals surface area contributed by atoms with E-state index in [2.05, 4.69) is 61.8 Å². The van der Waals surface area contributed by atoms with Crippen LogP contribution < -0.4 is 0 Å². The van der Waals surface area contributed by atoms with Crippen molar-refractivity contribution in [1.82, 2.24) is 0 Å². The van der Waals surface area contributed by atoms with Crippen LogP contribution in [0.3, 0.4) is 0 Å². The number of unbranched alkanes of at least 4 members (excludes halogenated alkanes) is 9. The summed E-state index contributed by atoms with van der Waals surface area (Å²) in [5.41, 5.74) is 4.22. The summed E-state index contributed by atoms with van der Waals surface area (Å²) in [6, 6.07) is 18.6. The van der Waals surface area contributed by atoms with Crippen molar-refractivity contribution in [1.29, 1.82) is 0 Å². The van der Waals surface area contributed by atoms with E-state index >= 15 is 0 Å². The summed E-state index contributed by atoms with van der Waals surface area (Å²) in [4.78, 5) is 0. The summed E-state index contributed by atoms with van der Waals surface area (Å²) in [7, 11) is 0. The zero-order valence-corrected chi connectivity index (χ0v) is 23.7. The quantitative estimate of drug-likeness (QED) is 0.154. The van der Waals surface area contributed by atoms with Crippen LogP contribution in [0.5, 0.6) is 0 Å². The molecule has 0 unspecified atom stereocenters. The van der Waals surface area contributed by atoms with Gasteiger partial charge in [-0.05, 0) is 73.2 Å². The second kappa shape index (κ2) is 17.3. The molecule has 0 spiro atoms. The molecule has 0 radical (unpaired) electrons. The Morgan fingerprint density at radius 3 is 1.31 bits per heavy atom. The standard InChI is InChI=1S/C37H42F2/c1-3-5-7-9-11-13-15-31-16-20-32(21-17-31)24-25-34-28-36(38)35(37(39)29-34)27-26-33-22-18-30(19-23-33)14-12-10-8-6-4-2/h16-23,28-29H,3-15H2,1-2H3. The van der Waals surface area contributed by atoms with E-state index < -0.39 is 11.6 Å². The van der Waals surface area contributed by atoms with Crippen LogP contribution in [0.1, 0.15) is 118 Å². The molecule has 0 nitrogen and oxygen atoms in total. The van der Waals surface area contributed by atoms with Crippen LogP contribution in [0.4, 0.5) is 8.78 Å². The predicted octanol–water partition coefficient (Wildman–Crippen LogP) is 10.2. The van der Waals surface area contributed by atoms with Crippen LogP contribution in [0.15, 0.2) is 60.7 Å². The molecular weight excluding hydrogens is 482 g/mol. The third kappa shape index (κ3) is 11.1. The minimum absolute atomic E-state index is 0.223. The topological polar surface area (TPSA) is 0 Å². The lowest BCUT2D eigenvalue weighted by Gasteiger charge is -2.02. The number of rotatable bonds is 13.